The summed E-state index contributed by atoms with van der Waals surface area (Å²) < 4.78 is 1.67. The molecule has 0 saturated carbocycles. The number of nitrogens with one attached hydrogen (secondary N) is 1. The maximum atomic E-state index is 11.4. The summed E-state index contributed by atoms with van der Waals surface area (Å²) in [4.78, 5) is 25.5. The van der Waals surface area contributed by atoms with Crippen LogP contribution in [0.5, 0.6) is 0 Å². The Morgan fingerprint density at radius 3 is 3.00 bits per heavy atom. The van der Waals surface area contributed by atoms with Crippen LogP contribution in [0.4, 0.5) is 4.79 Å². The molecule has 0 aliphatic heterocycles. The smallest absolute Gasteiger partial charge is 0.340 e. The van der Waals surface area contributed by atoms with Gasteiger partial charge in [-0.25, -0.2) is 9.78 Å². The normalized spacial score (nSPS) is 11.9. The molecule has 1 aromatic heterocycles. The molecule has 0 radical (unpaired) electrons. The summed E-state index contributed by atoms with van der Waals surface area (Å²) in [6, 6.07) is -0.685. The van der Waals surface area contributed by atoms with Crippen molar-refractivity contribution in [1.82, 2.24) is 19.9 Å². The maximum Gasteiger partial charge on any atom is 0.340 e. The Bertz CT molecular complexity index is 372. The lowest BCUT2D eigenvalue weighted by atomic mass is 10.3. The number of urea groups is 1. The topological polar surface area (TPSA) is 99.8 Å². The van der Waals surface area contributed by atoms with E-state index in [1.165, 1.54) is 0 Å². The highest BCUT2D eigenvalue weighted by molar-refractivity contribution is 6.18. The van der Waals surface area contributed by atoms with Gasteiger partial charge < -0.3 is 15.0 Å². The molecule has 18 heavy (non-hydrogen) atoms. The molecule has 0 fully saturated rings. The van der Waals surface area contributed by atoms with Gasteiger partial charge in [0.15, 0.2) is 0 Å². The fourth-order valence-electron chi connectivity index (χ4n) is 1.26. The van der Waals surface area contributed by atoms with Crippen molar-refractivity contribution in [2.45, 2.75) is 12.6 Å². The molecule has 1 atom stereocenters. The number of nitroso groups, excluding NO2 is 1. The van der Waals surface area contributed by atoms with Gasteiger partial charge in [-0.1, -0.05) is 0 Å². The Morgan fingerprint density at radius 1 is 1.67 bits per heavy atom. The van der Waals surface area contributed by atoms with E-state index in [9.17, 15) is 14.8 Å². The first kappa shape index (κ1) is 14.4. The minimum atomic E-state index is -0.785. The molecule has 0 aliphatic carbocycles. The van der Waals surface area contributed by atoms with E-state index in [0.717, 1.165) is 0 Å². The number of imidazole rings is 1. The lowest BCUT2D eigenvalue weighted by Gasteiger charge is -2.15. The number of carbonyl (C=O) groups is 1. The predicted octanol–water partition coefficient (Wildman–Crippen LogP) is 0.176. The third kappa shape index (κ3) is 4.68. The zero-order valence-electron chi connectivity index (χ0n) is 9.57. The number of nitrogens with zero attached hydrogens (tertiary/aromatic N) is 4. The Labute approximate surface area is 108 Å². The van der Waals surface area contributed by atoms with Crippen molar-refractivity contribution in [2.75, 3.05) is 19.0 Å². The highest BCUT2D eigenvalue weighted by atomic mass is 35.5. The summed E-state index contributed by atoms with van der Waals surface area (Å²) in [6.45, 7) is 0.324. The lowest BCUT2D eigenvalue weighted by molar-refractivity contribution is 0.145. The average molecular weight is 276 g/mol. The molecule has 0 spiro atoms. The quantitative estimate of drug-likeness (QED) is 0.421. The number of aliphatic hydroxyl groups is 1. The van der Waals surface area contributed by atoms with Crippen molar-refractivity contribution < 1.29 is 9.90 Å². The Morgan fingerprint density at radius 2 is 2.44 bits per heavy atom. The van der Waals surface area contributed by atoms with Gasteiger partial charge in [0.25, 0.3) is 0 Å². The average Bonchev–Trinajstić information content (AvgIpc) is 2.85. The SMILES string of the molecule is O=NN(CCCl)C(=O)NCC(O)Cn1ccnc1. The van der Waals surface area contributed by atoms with Crippen molar-refractivity contribution in [1.29, 1.82) is 0 Å². The van der Waals surface area contributed by atoms with Crippen LogP contribution < -0.4 is 5.32 Å². The molecule has 1 heterocycles. The van der Waals surface area contributed by atoms with E-state index in [2.05, 4.69) is 15.6 Å². The van der Waals surface area contributed by atoms with E-state index in [1.807, 2.05) is 0 Å². The van der Waals surface area contributed by atoms with Crippen molar-refractivity contribution >= 4 is 17.6 Å². The maximum absolute atomic E-state index is 11.4. The molecular weight excluding hydrogens is 262 g/mol. The summed E-state index contributed by atoms with van der Waals surface area (Å²) in [7, 11) is 0. The second-order valence-corrected chi connectivity index (χ2v) is 3.87. The van der Waals surface area contributed by atoms with E-state index in [4.69, 9.17) is 11.6 Å². The number of hydrogen-bond donors (Lipinski definition) is 2. The Balaban J connectivity index is 2.30. The Hall–Kier alpha value is -1.67. The molecule has 9 heteroatoms. The summed E-state index contributed by atoms with van der Waals surface area (Å²) in [5, 5.41) is 15.2. The molecule has 1 unspecified atom stereocenters. The number of hydrogen-bond acceptors (Lipinski definition) is 5. The number of rotatable bonds is 7. The van der Waals surface area contributed by atoms with E-state index in [1.54, 1.807) is 23.3 Å². The zero-order valence-corrected chi connectivity index (χ0v) is 10.3. The number of aromatic nitrogens is 2. The molecule has 2 amide bonds. The van der Waals surface area contributed by atoms with E-state index in [-0.39, 0.29) is 19.0 Å². The predicted molar refractivity (Wildman–Crippen MR) is 64.9 cm³/mol. The summed E-state index contributed by atoms with van der Waals surface area (Å²) >= 11 is 5.40. The Kier molecular flexibility index (Phi) is 6.09. The molecule has 8 nitrogen and oxygen atoms in total. The summed E-state index contributed by atoms with van der Waals surface area (Å²) in [5.41, 5.74) is 0. The monoisotopic (exact) mass is 275 g/mol. The van der Waals surface area contributed by atoms with Gasteiger partial charge in [-0.2, -0.15) is 5.01 Å². The van der Waals surface area contributed by atoms with Gasteiger partial charge in [0.2, 0.25) is 0 Å². The van der Waals surface area contributed by atoms with Gasteiger partial charge >= 0.3 is 6.03 Å². The number of aliphatic hydroxyl groups excluding tert-OH is 1. The second-order valence-electron chi connectivity index (χ2n) is 3.49. The molecular formula is C9H14ClN5O3. The first-order chi connectivity index (χ1) is 8.67. The standard InChI is InChI=1S/C9H14ClN5O3/c10-1-3-15(13-18)9(17)12-5-8(16)6-14-4-2-11-7-14/h2,4,7-8,16H,1,3,5-6H2,(H,12,17). The fourth-order valence-corrected chi connectivity index (χ4v) is 1.42. The second kappa shape index (κ2) is 7.62. The minimum absolute atomic E-state index is 0.00528. The van der Waals surface area contributed by atoms with Crippen LogP contribution in [0.3, 0.4) is 0 Å². The molecule has 0 aromatic carbocycles. The van der Waals surface area contributed by atoms with E-state index >= 15 is 0 Å². The summed E-state index contributed by atoms with van der Waals surface area (Å²) in [6.07, 6.45) is 4.05. The molecule has 1 aromatic rings. The van der Waals surface area contributed by atoms with Crippen LogP contribution in [0, 0.1) is 4.91 Å². The molecule has 0 saturated heterocycles. The van der Waals surface area contributed by atoms with Crippen molar-refractivity contribution in [2.24, 2.45) is 5.29 Å². The number of amides is 2. The summed E-state index contributed by atoms with van der Waals surface area (Å²) in [5.74, 6) is 0.108. The van der Waals surface area contributed by atoms with Gasteiger partial charge in [-0.15, -0.1) is 16.5 Å². The number of alkyl halides is 1. The lowest BCUT2D eigenvalue weighted by Crippen LogP contribution is -2.41. The fraction of sp³-hybridized carbons (Fsp3) is 0.556. The largest absolute Gasteiger partial charge is 0.389 e. The van der Waals surface area contributed by atoms with Gasteiger partial charge in [-0.3, -0.25) is 0 Å². The van der Waals surface area contributed by atoms with Gasteiger partial charge in [0.1, 0.15) is 0 Å². The highest BCUT2D eigenvalue weighted by Crippen LogP contribution is 1.94. The number of carbonyl (C=O) groups excluding carboxylic acids is 1. The van der Waals surface area contributed by atoms with E-state index < -0.39 is 12.1 Å². The van der Waals surface area contributed by atoms with Crippen LogP contribution in [0.25, 0.3) is 0 Å². The molecule has 0 bridgehead atoms. The zero-order chi connectivity index (χ0) is 13.4. The van der Waals surface area contributed by atoms with Crippen LogP contribution in [-0.2, 0) is 6.54 Å². The van der Waals surface area contributed by atoms with Crippen molar-refractivity contribution in [3.8, 4) is 0 Å². The third-order valence-electron chi connectivity index (χ3n) is 2.10. The number of halogens is 1. The molecule has 1 rings (SSSR count). The van der Waals surface area contributed by atoms with Crippen LogP contribution in [-0.4, -0.2) is 50.8 Å². The van der Waals surface area contributed by atoms with Crippen molar-refractivity contribution in [3.05, 3.63) is 23.6 Å². The minimum Gasteiger partial charge on any atom is -0.389 e. The van der Waals surface area contributed by atoms with Gasteiger partial charge in [-0.05, 0) is 0 Å². The molecule has 2 N–H and O–H groups in total. The highest BCUT2D eigenvalue weighted by Gasteiger charge is 2.14. The van der Waals surface area contributed by atoms with Gasteiger partial charge in [0, 0.05) is 24.8 Å². The van der Waals surface area contributed by atoms with Crippen LogP contribution >= 0.6 is 11.6 Å². The van der Waals surface area contributed by atoms with Crippen molar-refractivity contribution in [3.63, 3.8) is 0 Å². The van der Waals surface area contributed by atoms with Gasteiger partial charge in [0.05, 0.1) is 30.8 Å². The first-order valence-corrected chi connectivity index (χ1v) is 5.79. The molecule has 0 aliphatic rings. The van der Waals surface area contributed by atoms with Crippen LogP contribution in [0.2, 0.25) is 0 Å². The van der Waals surface area contributed by atoms with E-state index in [0.29, 0.717) is 11.6 Å². The van der Waals surface area contributed by atoms with Crippen LogP contribution in [0.1, 0.15) is 0 Å². The molecule has 100 valence electrons. The third-order valence-corrected chi connectivity index (χ3v) is 2.27. The first-order valence-electron chi connectivity index (χ1n) is 5.25. The van der Waals surface area contributed by atoms with Crippen LogP contribution in [0.15, 0.2) is 24.0 Å².